The van der Waals surface area contributed by atoms with Gasteiger partial charge in [0.25, 0.3) is 15.9 Å². The van der Waals surface area contributed by atoms with Crippen LogP contribution in [0.4, 0.5) is 5.69 Å². The van der Waals surface area contributed by atoms with Gasteiger partial charge in [0, 0.05) is 29.4 Å². The fraction of sp³-hybridized carbons (Fsp3) is 0.597. The molecule has 0 spiro atoms. The molecule has 0 unspecified atom stereocenters. The predicted octanol–water partition coefficient (Wildman–Crippen LogP) is 18.4. The number of carbonyl (C=O) groups excluding carboxylic acids is 3. The molecule has 72 heavy (non-hydrogen) atoms. The molecule has 4 rings (SSSR count). The number of fused-ring (bicyclic) bond motifs is 1. The Bertz CT molecular complexity index is 2210. The highest BCUT2D eigenvalue weighted by Gasteiger charge is 2.27. The zero-order chi connectivity index (χ0) is 51.5. The topological polar surface area (TPSA) is 110 Å². The number of benzene rings is 4. The van der Waals surface area contributed by atoms with E-state index in [4.69, 9.17) is 4.74 Å². The number of nitrogens with zero attached hydrogens (tertiary/aromatic N) is 1. The van der Waals surface area contributed by atoms with Gasteiger partial charge in [-0.05, 0) is 43.2 Å². The monoisotopic (exact) mass is 1070 g/mol. The van der Waals surface area contributed by atoms with Crippen molar-refractivity contribution in [2.24, 2.45) is 0 Å². The summed E-state index contributed by atoms with van der Waals surface area (Å²) in [6.45, 7) is 5.64. The third kappa shape index (κ3) is 23.0. The number of hydrogen-bond acceptors (Lipinski definition) is 6. The number of amides is 1. The van der Waals surface area contributed by atoms with E-state index in [9.17, 15) is 18.0 Å². The van der Waals surface area contributed by atoms with Crippen molar-refractivity contribution in [2.45, 2.75) is 224 Å². The third-order valence-corrected chi connectivity index (χ3v) is 16.0. The molecule has 398 valence electrons. The summed E-state index contributed by atoms with van der Waals surface area (Å²) >= 11 is 3.19. The smallest absolute Gasteiger partial charge is 0.343 e. The van der Waals surface area contributed by atoms with Crippen molar-refractivity contribution in [2.75, 3.05) is 23.1 Å². The number of anilines is 1. The molecular formula is C62H91BrN2O6S. The molecule has 0 heterocycles. The molecule has 1 amide bonds. The van der Waals surface area contributed by atoms with Crippen LogP contribution in [0.15, 0.2) is 89.8 Å². The number of sulfonamides is 1. The fourth-order valence-electron chi connectivity index (χ4n) is 9.73. The minimum absolute atomic E-state index is 0.0541. The second kappa shape index (κ2) is 36.8. The Morgan fingerprint density at radius 3 is 1.33 bits per heavy atom. The summed E-state index contributed by atoms with van der Waals surface area (Å²) in [5, 5.41) is 0.945. The molecule has 0 aromatic heterocycles. The lowest BCUT2D eigenvalue weighted by molar-refractivity contribution is 0.0714. The maximum absolute atomic E-state index is 15.2. The Kier molecular flexibility index (Phi) is 31.0. The molecule has 0 aliphatic rings. The first kappa shape index (κ1) is 60.5. The van der Waals surface area contributed by atoms with E-state index < -0.39 is 16.0 Å². The van der Waals surface area contributed by atoms with Gasteiger partial charge in [-0.15, -0.1) is 0 Å². The largest absolute Gasteiger partial charge is 0.421 e. The zero-order valence-corrected chi connectivity index (χ0v) is 46.9. The first-order valence-corrected chi connectivity index (χ1v) is 31.1. The van der Waals surface area contributed by atoms with Gasteiger partial charge in [0.05, 0.1) is 27.0 Å². The van der Waals surface area contributed by atoms with Crippen LogP contribution in [-0.4, -0.2) is 49.4 Å². The molecule has 0 radical (unpaired) electrons. The Hall–Kier alpha value is -4.02. The second-order valence-electron chi connectivity index (χ2n) is 20.2. The lowest BCUT2D eigenvalue weighted by Gasteiger charge is -2.25. The maximum atomic E-state index is 15.2. The number of Topliss-reactive ketones (excluding diaryl/α,β-unsaturated/α-hetero) is 1. The fourth-order valence-corrected chi connectivity index (χ4v) is 11.2. The minimum Gasteiger partial charge on any atom is -0.421 e. The van der Waals surface area contributed by atoms with Crippen LogP contribution in [0.3, 0.4) is 0 Å². The maximum Gasteiger partial charge on any atom is 0.343 e. The van der Waals surface area contributed by atoms with Crippen molar-refractivity contribution >= 4 is 60.1 Å². The van der Waals surface area contributed by atoms with Crippen LogP contribution in [0.5, 0.6) is 5.75 Å². The van der Waals surface area contributed by atoms with Crippen LogP contribution < -0.4 is 9.46 Å². The Morgan fingerprint density at radius 1 is 0.486 bits per heavy atom. The van der Waals surface area contributed by atoms with Gasteiger partial charge in [0.2, 0.25) is 0 Å². The standard InChI is InChI=1S/C62H91BrN2O6S/c1-3-5-7-9-11-13-15-17-19-21-23-25-27-29-31-38-47-65(48-39-32-30-28-26-24-22-20-18-16-14-12-10-8-6-4-2)61(67)57-50-58(64-72(69,70)54-44-40-43-53(49-54)59(66)51-63)55-45-36-37-46-56(55)60(57)71-62(68)52-41-34-33-35-42-52/h33-37,40-46,49-50,64H,3-32,38-39,47-48,51H2,1-2H3. The highest BCUT2D eigenvalue weighted by Crippen LogP contribution is 2.38. The molecule has 10 heteroatoms. The second-order valence-corrected chi connectivity index (χ2v) is 22.4. The number of ether oxygens (including phenoxy) is 1. The number of ketones is 1. The van der Waals surface area contributed by atoms with E-state index in [2.05, 4.69) is 34.5 Å². The zero-order valence-electron chi connectivity index (χ0n) is 44.5. The molecule has 0 aliphatic heterocycles. The minimum atomic E-state index is -4.24. The van der Waals surface area contributed by atoms with E-state index in [-0.39, 0.29) is 44.5 Å². The van der Waals surface area contributed by atoms with Crippen molar-refractivity contribution < 1.29 is 27.5 Å². The average Bonchev–Trinajstić information content (AvgIpc) is 3.40. The summed E-state index contributed by atoms with van der Waals surface area (Å²) in [6.07, 6.45) is 40.5. The summed E-state index contributed by atoms with van der Waals surface area (Å²) in [5.41, 5.74) is 0.889. The molecule has 0 bridgehead atoms. The lowest BCUT2D eigenvalue weighted by Crippen LogP contribution is -2.33. The quantitative estimate of drug-likeness (QED) is 0.0156. The van der Waals surface area contributed by atoms with Gasteiger partial charge in [-0.3, -0.25) is 14.3 Å². The first-order chi connectivity index (χ1) is 35.2. The van der Waals surface area contributed by atoms with Crippen molar-refractivity contribution in [3.63, 3.8) is 0 Å². The summed E-state index contributed by atoms with van der Waals surface area (Å²) < 4.78 is 37.2. The first-order valence-electron chi connectivity index (χ1n) is 28.5. The molecule has 0 atom stereocenters. The Labute approximate surface area is 444 Å². The number of esters is 1. The van der Waals surface area contributed by atoms with E-state index in [0.29, 0.717) is 29.4 Å². The summed E-state index contributed by atoms with van der Waals surface area (Å²) in [5.74, 6) is -1.06. The molecule has 0 saturated carbocycles. The van der Waals surface area contributed by atoms with Crippen molar-refractivity contribution in [1.82, 2.24) is 4.90 Å². The molecule has 8 nitrogen and oxygen atoms in total. The molecule has 0 saturated heterocycles. The lowest BCUT2D eigenvalue weighted by atomic mass is 10.0. The highest BCUT2D eigenvalue weighted by atomic mass is 79.9. The third-order valence-electron chi connectivity index (χ3n) is 14.1. The van der Waals surface area contributed by atoms with E-state index in [1.165, 1.54) is 185 Å². The molecule has 1 N–H and O–H groups in total. The van der Waals surface area contributed by atoms with Crippen molar-refractivity contribution in [3.8, 4) is 5.75 Å². The van der Waals surface area contributed by atoms with E-state index in [0.717, 1.165) is 38.5 Å². The van der Waals surface area contributed by atoms with Gasteiger partial charge < -0.3 is 9.64 Å². The van der Waals surface area contributed by atoms with Gasteiger partial charge in [-0.1, -0.05) is 277 Å². The summed E-state index contributed by atoms with van der Waals surface area (Å²) in [6, 6.07) is 23.2. The number of alkyl halides is 1. The van der Waals surface area contributed by atoms with E-state index in [1.807, 2.05) is 11.0 Å². The average molecular weight is 1070 g/mol. The van der Waals surface area contributed by atoms with Crippen LogP contribution in [0.2, 0.25) is 0 Å². The number of carbonyl (C=O) groups is 3. The number of rotatable bonds is 42. The van der Waals surface area contributed by atoms with Gasteiger partial charge in [-0.25, -0.2) is 13.2 Å². The van der Waals surface area contributed by atoms with Crippen molar-refractivity contribution in [3.05, 3.63) is 102 Å². The molecule has 0 fully saturated rings. The van der Waals surface area contributed by atoms with Gasteiger partial charge in [0.15, 0.2) is 11.5 Å². The molecular weight excluding hydrogens is 981 g/mol. The molecule has 4 aromatic carbocycles. The van der Waals surface area contributed by atoms with Gasteiger partial charge >= 0.3 is 5.97 Å². The highest BCUT2D eigenvalue weighted by molar-refractivity contribution is 9.09. The summed E-state index contributed by atoms with van der Waals surface area (Å²) in [7, 11) is -4.24. The van der Waals surface area contributed by atoms with Crippen LogP contribution in [0, 0.1) is 0 Å². The normalized spacial score (nSPS) is 11.5. The van der Waals surface area contributed by atoms with Crippen LogP contribution in [-0.2, 0) is 10.0 Å². The molecule has 4 aromatic rings. The number of halogens is 1. The van der Waals surface area contributed by atoms with Gasteiger partial charge in [0.1, 0.15) is 0 Å². The number of unbranched alkanes of at least 4 members (excludes halogenated alkanes) is 30. The predicted molar refractivity (Wildman–Crippen MR) is 306 cm³/mol. The van der Waals surface area contributed by atoms with E-state index in [1.54, 1.807) is 60.7 Å². The number of nitrogens with one attached hydrogen (secondary N) is 1. The van der Waals surface area contributed by atoms with Crippen LogP contribution in [0.1, 0.15) is 250 Å². The summed E-state index contributed by atoms with van der Waals surface area (Å²) in [4.78, 5) is 43.3. The van der Waals surface area contributed by atoms with Crippen LogP contribution in [0.25, 0.3) is 10.8 Å². The Balaban J connectivity index is 1.46. The SMILES string of the molecule is CCCCCCCCCCCCCCCCCCN(CCCCCCCCCCCCCCCCCC)C(=O)c1cc(NS(=O)(=O)c2cccc(C(=O)CBr)c2)c2ccccc2c1OC(=O)c1ccccc1. The van der Waals surface area contributed by atoms with Crippen LogP contribution >= 0.6 is 15.9 Å². The Morgan fingerprint density at radius 2 is 0.889 bits per heavy atom. The van der Waals surface area contributed by atoms with E-state index >= 15 is 4.79 Å². The van der Waals surface area contributed by atoms with Gasteiger partial charge in [-0.2, -0.15) is 0 Å². The number of hydrogen-bond donors (Lipinski definition) is 1. The molecule has 0 aliphatic carbocycles. The van der Waals surface area contributed by atoms with Crippen molar-refractivity contribution in [1.29, 1.82) is 0 Å².